The quantitative estimate of drug-likeness (QED) is 0.215. The van der Waals surface area contributed by atoms with Crippen molar-refractivity contribution < 1.29 is 14.0 Å². The lowest BCUT2D eigenvalue weighted by atomic mass is 9.68. The van der Waals surface area contributed by atoms with E-state index in [4.69, 9.17) is 4.42 Å². The molecular weight excluding hydrogens is 446 g/mol. The highest BCUT2D eigenvalue weighted by Crippen LogP contribution is 2.50. The van der Waals surface area contributed by atoms with Gasteiger partial charge in [0, 0.05) is 28.7 Å². The van der Waals surface area contributed by atoms with Crippen LogP contribution in [0.5, 0.6) is 0 Å². The minimum atomic E-state index is -0.471. The molecular formula is C32H23NO3. The summed E-state index contributed by atoms with van der Waals surface area (Å²) in [5.41, 5.74) is 4.11. The average Bonchev–Trinajstić information content (AvgIpc) is 3.43. The van der Waals surface area contributed by atoms with Crippen molar-refractivity contribution in [2.45, 2.75) is 11.8 Å². The maximum absolute atomic E-state index is 14.1. The molecule has 1 fully saturated rings. The van der Waals surface area contributed by atoms with Crippen molar-refractivity contribution in [3.63, 3.8) is 0 Å². The Balaban J connectivity index is 1.36. The Kier molecular flexibility index (Phi) is 4.68. The SMILES string of the molecule is O=C1[C@@H]2[C@H](C(=O)N1c1ccc3c(c1)oc1ccccc13)[C@H](c1ccccc1)C=C[C@H]2c1ccccc1. The first kappa shape index (κ1) is 20.9. The van der Waals surface area contributed by atoms with Crippen molar-refractivity contribution in [2.24, 2.45) is 11.8 Å². The molecule has 0 unspecified atom stereocenters. The molecule has 4 nitrogen and oxygen atoms in total. The molecule has 7 rings (SSSR count). The van der Waals surface area contributed by atoms with Gasteiger partial charge in [0.05, 0.1) is 17.5 Å². The molecule has 1 aliphatic carbocycles. The van der Waals surface area contributed by atoms with Gasteiger partial charge in [-0.1, -0.05) is 91.0 Å². The van der Waals surface area contributed by atoms with E-state index in [1.807, 2.05) is 103 Å². The lowest BCUT2D eigenvalue weighted by Gasteiger charge is -2.32. The second-order valence-electron chi connectivity index (χ2n) is 9.60. The number of para-hydroxylation sites is 1. The summed E-state index contributed by atoms with van der Waals surface area (Å²) in [5.74, 6) is -1.57. The van der Waals surface area contributed by atoms with Crippen LogP contribution >= 0.6 is 0 Å². The largest absolute Gasteiger partial charge is 0.456 e. The fourth-order valence-electron chi connectivity index (χ4n) is 6.04. The normalized spacial score (nSPS) is 23.5. The number of anilines is 1. The lowest BCUT2D eigenvalue weighted by Crippen LogP contribution is -2.31. The van der Waals surface area contributed by atoms with Crippen LogP contribution in [0.4, 0.5) is 5.69 Å². The van der Waals surface area contributed by atoms with E-state index in [2.05, 4.69) is 12.2 Å². The van der Waals surface area contributed by atoms with Gasteiger partial charge in [-0.15, -0.1) is 0 Å². The van der Waals surface area contributed by atoms with Gasteiger partial charge in [-0.3, -0.25) is 9.59 Å². The smallest absolute Gasteiger partial charge is 0.238 e. The Morgan fingerprint density at radius 1 is 0.556 bits per heavy atom. The summed E-state index contributed by atoms with van der Waals surface area (Å²) in [7, 11) is 0. The van der Waals surface area contributed by atoms with Crippen molar-refractivity contribution >= 4 is 39.4 Å². The Morgan fingerprint density at radius 2 is 1.08 bits per heavy atom. The van der Waals surface area contributed by atoms with Gasteiger partial charge in [0.15, 0.2) is 0 Å². The van der Waals surface area contributed by atoms with E-state index in [-0.39, 0.29) is 23.7 Å². The molecule has 2 amide bonds. The Labute approximate surface area is 208 Å². The molecule has 2 heterocycles. The summed E-state index contributed by atoms with van der Waals surface area (Å²) in [5, 5.41) is 1.99. The third kappa shape index (κ3) is 3.07. The molecule has 0 N–H and O–H groups in total. The number of hydrogen-bond donors (Lipinski definition) is 0. The van der Waals surface area contributed by atoms with Crippen molar-refractivity contribution in [1.82, 2.24) is 0 Å². The molecule has 1 saturated heterocycles. The number of furan rings is 1. The van der Waals surface area contributed by atoms with E-state index >= 15 is 0 Å². The fourth-order valence-corrected chi connectivity index (χ4v) is 6.04. The zero-order chi connectivity index (χ0) is 24.2. The molecule has 1 aliphatic heterocycles. The summed E-state index contributed by atoms with van der Waals surface area (Å²) in [4.78, 5) is 29.5. The number of rotatable bonds is 3. The molecule has 1 aromatic heterocycles. The molecule has 4 heteroatoms. The topological polar surface area (TPSA) is 50.5 Å². The number of amides is 2. The van der Waals surface area contributed by atoms with Gasteiger partial charge >= 0.3 is 0 Å². The molecule has 0 bridgehead atoms. The van der Waals surface area contributed by atoms with Gasteiger partial charge in [0.25, 0.3) is 0 Å². The van der Waals surface area contributed by atoms with E-state index in [9.17, 15) is 9.59 Å². The first-order chi connectivity index (χ1) is 17.7. The van der Waals surface area contributed by atoms with Crippen LogP contribution in [0.15, 0.2) is 120 Å². The molecule has 2 aliphatic rings. The van der Waals surface area contributed by atoms with E-state index in [1.165, 1.54) is 4.90 Å². The summed E-state index contributed by atoms with van der Waals surface area (Å²) in [6.07, 6.45) is 4.23. The maximum Gasteiger partial charge on any atom is 0.238 e. The minimum Gasteiger partial charge on any atom is -0.456 e. The number of carbonyl (C=O) groups is 2. The van der Waals surface area contributed by atoms with Gasteiger partial charge in [-0.2, -0.15) is 0 Å². The minimum absolute atomic E-state index is 0.153. The first-order valence-corrected chi connectivity index (χ1v) is 12.3. The molecule has 4 atom stereocenters. The van der Waals surface area contributed by atoms with Crippen LogP contribution in [0.3, 0.4) is 0 Å². The number of nitrogens with zero attached hydrogens (tertiary/aromatic N) is 1. The second-order valence-corrected chi connectivity index (χ2v) is 9.60. The van der Waals surface area contributed by atoms with Crippen LogP contribution in [0.1, 0.15) is 23.0 Å². The van der Waals surface area contributed by atoms with Crippen molar-refractivity contribution in [3.05, 3.63) is 126 Å². The summed E-state index contributed by atoms with van der Waals surface area (Å²) < 4.78 is 6.06. The standard InChI is InChI=1S/C32H23NO3/c34-31-29-23(20-9-3-1-4-10-20)17-18-24(21-11-5-2-6-12-21)30(29)32(35)33(31)22-15-16-26-25-13-7-8-14-27(25)36-28(26)19-22/h1-19,23-24,29-30H/t23-,24-,29-,30+/m0/s1. The van der Waals surface area contributed by atoms with Gasteiger partial charge < -0.3 is 4.42 Å². The highest BCUT2D eigenvalue weighted by Gasteiger charge is 2.55. The van der Waals surface area contributed by atoms with Crippen molar-refractivity contribution in [2.75, 3.05) is 4.90 Å². The zero-order valence-electron chi connectivity index (χ0n) is 19.5. The van der Waals surface area contributed by atoms with Crippen LogP contribution < -0.4 is 4.90 Å². The number of allylic oxidation sites excluding steroid dienone is 2. The predicted molar refractivity (Wildman–Crippen MR) is 141 cm³/mol. The Hall–Kier alpha value is -4.44. The third-order valence-electron chi connectivity index (χ3n) is 7.69. The van der Waals surface area contributed by atoms with Crippen LogP contribution in [-0.2, 0) is 9.59 Å². The van der Waals surface area contributed by atoms with Gasteiger partial charge in [-0.05, 0) is 29.3 Å². The third-order valence-corrected chi connectivity index (χ3v) is 7.69. The monoisotopic (exact) mass is 469 g/mol. The summed E-state index contributed by atoms with van der Waals surface area (Å²) >= 11 is 0. The highest BCUT2D eigenvalue weighted by molar-refractivity contribution is 6.23. The predicted octanol–water partition coefficient (Wildman–Crippen LogP) is 6.83. The lowest BCUT2D eigenvalue weighted by molar-refractivity contribution is -0.122. The molecule has 174 valence electrons. The molecule has 4 aromatic carbocycles. The van der Waals surface area contributed by atoms with E-state index in [1.54, 1.807) is 0 Å². The molecule has 0 radical (unpaired) electrons. The number of benzene rings is 4. The van der Waals surface area contributed by atoms with Crippen molar-refractivity contribution in [3.8, 4) is 0 Å². The first-order valence-electron chi connectivity index (χ1n) is 12.3. The maximum atomic E-state index is 14.1. The second kappa shape index (κ2) is 8.06. The van der Waals surface area contributed by atoms with Gasteiger partial charge in [0.2, 0.25) is 11.8 Å². The number of hydrogen-bond acceptors (Lipinski definition) is 3. The Morgan fingerprint density at radius 3 is 1.69 bits per heavy atom. The molecule has 0 spiro atoms. The van der Waals surface area contributed by atoms with Crippen LogP contribution in [0.25, 0.3) is 21.9 Å². The molecule has 36 heavy (non-hydrogen) atoms. The average molecular weight is 470 g/mol. The number of fused-ring (bicyclic) bond motifs is 4. The summed E-state index contributed by atoms with van der Waals surface area (Å²) in [6.45, 7) is 0. The number of imide groups is 1. The van der Waals surface area contributed by atoms with Crippen LogP contribution in [-0.4, -0.2) is 11.8 Å². The zero-order valence-corrected chi connectivity index (χ0v) is 19.5. The number of carbonyl (C=O) groups excluding carboxylic acids is 2. The van der Waals surface area contributed by atoms with Gasteiger partial charge in [0.1, 0.15) is 11.2 Å². The van der Waals surface area contributed by atoms with Crippen LogP contribution in [0, 0.1) is 11.8 Å². The highest BCUT2D eigenvalue weighted by atomic mass is 16.3. The van der Waals surface area contributed by atoms with Gasteiger partial charge in [-0.25, -0.2) is 4.90 Å². The van der Waals surface area contributed by atoms with E-state index in [0.29, 0.717) is 11.3 Å². The molecule has 5 aromatic rings. The summed E-state index contributed by atoms with van der Waals surface area (Å²) in [6, 6.07) is 33.5. The van der Waals surface area contributed by atoms with Crippen LogP contribution in [0.2, 0.25) is 0 Å². The van der Waals surface area contributed by atoms with E-state index in [0.717, 1.165) is 27.5 Å². The Bertz CT molecular complexity index is 1580. The van der Waals surface area contributed by atoms with E-state index < -0.39 is 11.8 Å². The fraction of sp³-hybridized carbons (Fsp3) is 0.125. The molecule has 0 saturated carbocycles. The van der Waals surface area contributed by atoms with Crippen molar-refractivity contribution in [1.29, 1.82) is 0 Å².